The first-order chi connectivity index (χ1) is 8.74. The van der Waals surface area contributed by atoms with Gasteiger partial charge in [0.2, 0.25) is 5.96 Å². The number of guanidine groups is 1. The van der Waals surface area contributed by atoms with Crippen LogP contribution in [0.15, 0.2) is 4.99 Å². The molecule has 0 spiro atoms. The fourth-order valence-electron chi connectivity index (χ4n) is 1.84. The van der Waals surface area contributed by atoms with Crippen molar-refractivity contribution in [3.8, 4) is 0 Å². The summed E-state index contributed by atoms with van der Waals surface area (Å²) in [6.45, 7) is 6.95. The van der Waals surface area contributed by atoms with Gasteiger partial charge in [-0.3, -0.25) is 5.43 Å². The summed E-state index contributed by atoms with van der Waals surface area (Å²) in [6, 6.07) is 0.414. The Morgan fingerprint density at radius 1 is 1.22 bits per heavy atom. The molecule has 0 unspecified atom stereocenters. The maximum atomic E-state index is 5.57. The van der Waals surface area contributed by atoms with Crippen molar-refractivity contribution in [1.29, 1.82) is 0 Å². The Hall–Kier alpha value is -0.850. The number of methoxy groups -OCH3 is 2. The van der Waals surface area contributed by atoms with E-state index < -0.39 is 0 Å². The molecule has 0 aromatic heterocycles. The van der Waals surface area contributed by atoms with Gasteiger partial charge in [0.05, 0.1) is 19.8 Å². The summed E-state index contributed by atoms with van der Waals surface area (Å²) in [6.07, 6.45) is 2.09. The number of hydrazine groups is 1. The minimum Gasteiger partial charge on any atom is -0.383 e. The van der Waals surface area contributed by atoms with Gasteiger partial charge in [-0.15, -0.1) is 0 Å². The number of hydrogen-bond donors (Lipinski definition) is 2. The summed E-state index contributed by atoms with van der Waals surface area (Å²) in [5, 5.41) is 0. The van der Waals surface area contributed by atoms with E-state index in [1.807, 2.05) is 0 Å². The summed E-state index contributed by atoms with van der Waals surface area (Å²) in [5.74, 6) is 6.28. The van der Waals surface area contributed by atoms with E-state index >= 15 is 0 Å². The molecule has 0 atom stereocenters. The number of ether oxygens (including phenoxy) is 2. The van der Waals surface area contributed by atoms with Gasteiger partial charge in [-0.05, 0) is 12.8 Å². The fourth-order valence-corrected chi connectivity index (χ4v) is 1.84. The van der Waals surface area contributed by atoms with Crippen molar-refractivity contribution in [2.45, 2.75) is 32.7 Å². The molecule has 0 fully saturated rings. The molecule has 18 heavy (non-hydrogen) atoms. The predicted molar refractivity (Wildman–Crippen MR) is 74.5 cm³/mol. The van der Waals surface area contributed by atoms with Crippen LogP contribution in [0.5, 0.6) is 0 Å². The van der Waals surface area contributed by atoms with E-state index in [4.69, 9.17) is 15.3 Å². The van der Waals surface area contributed by atoms with Crippen LogP contribution in [0.1, 0.15) is 26.7 Å². The Morgan fingerprint density at radius 2 is 1.83 bits per heavy atom. The van der Waals surface area contributed by atoms with Crippen LogP contribution in [-0.2, 0) is 9.47 Å². The third-order valence-corrected chi connectivity index (χ3v) is 2.88. The molecule has 0 aromatic rings. The number of nitrogens with two attached hydrogens (primary N) is 1. The third-order valence-electron chi connectivity index (χ3n) is 2.88. The van der Waals surface area contributed by atoms with Gasteiger partial charge in [0, 0.05) is 26.8 Å². The van der Waals surface area contributed by atoms with E-state index in [1.54, 1.807) is 14.2 Å². The first-order valence-electron chi connectivity index (χ1n) is 6.50. The molecular formula is C12H28N4O2. The van der Waals surface area contributed by atoms with Crippen molar-refractivity contribution < 1.29 is 9.47 Å². The van der Waals surface area contributed by atoms with Crippen LogP contribution in [0, 0.1) is 0 Å². The Morgan fingerprint density at radius 3 is 2.28 bits per heavy atom. The average molecular weight is 260 g/mol. The Labute approximate surface area is 110 Å². The molecule has 3 N–H and O–H groups in total. The molecule has 0 aromatic carbocycles. The normalized spacial score (nSPS) is 12.0. The molecule has 0 amide bonds. The summed E-state index contributed by atoms with van der Waals surface area (Å²) >= 11 is 0. The predicted octanol–water partition coefficient (Wildman–Crippen LogP) is 0.589. The number of rotatable bonds is 9. The fraction of sp³-hybridized carbons (Fsp3) is 0.917. The summed E-state index contributed by atoms with van der Waals surface area (Å²) in [7, 11) is 3.36. The average Bonchev–Trinajstić information content (AvgIpc) is 2.40. The van der Waals surface area contributed by atoms with Crippen molar-refractivity contribution in [3.63, 3.8) is 0 Å². The van der Waals surface area contributed by atoms with Gasteiger partial charge < -0.3 is 14.4 Å². The topological polar surface area (TPSA) is 72.1 Å². The van der Waals surface area contributed by atoms with Crippen molar-refractivity contribution in [2.75, 3.05) is 40.5 Å². The first-order valence-corrected chi connectivity index (χ1v) is 6.50. The van der Waals surface area contributed by atoms with Crippen molar-refractivity contribution in [2.24, 2.45) is 10.8 Å². The molecule has 6 nitrogen and oxygen atoms in total. The second-order valence-electron chi connectivity index (χ2n) is 4.00. The van der Waals surface area contributed by atoms with Crippen LogP contribution in [-0.4, -0.2) is 57.4 Å². The molecule has 0 radical (unpaired) electrons. The van der Waals surface area contributed by atoms with Gasteiger partial charge in [0.25, 0.3) is 0 Å². The SMILES string of the molecule is CCC(CC)N(CCOC)C(=NCCOC)NN. The Balaban J connectivity index is 4.69. The van der Waals surface area contributed by atoms with Crippen LogP contribution in [0.25, 0.3) is 0 Å². The summed E-state index contributed by atoms with van der Waals surface area (Å²) in [5.41, 5.74) is 2.68. The molecule has 0 saturated heterocycles. The highest BCUT2D eigenvalue weighted by molar-refractivity contribution is 5.79. The Bertz CT molecular complexity index is 220. The van der Waals surface area contributed by atoms with E-state index in [2.05, 4.69) is 29.2 Å². The zero-order chi connectivity index (χ0) is 13.8. The lowest BCUT2D eigenvalue weighted by molar-refractivity contribution is 0.155. The van der Waals surface area contributed by atoms with E-state index in [0.717, 1.165) is 19.4 Å². The van der Waals surface area contributed by atoms with E-state index in [-0.39, 0.29) is 0 Å². The van der Waals surface area contributed by atoms with Crippen LogP contribution in [0.2, 0.25) is 0 Å². The molecule has 0 saturated carbocycles. The quantitative estimate of drug-likeness (QED) is 0.209. The number of nitrogens with zero attached hydrogens (tertiary/aromatic N) is 2. The Kier molecular flexibility index (Phi) is 10.7. The van der Waals surface area contributed by atoms with Gasteiger partial charge in [-0.25, -0.2) is 10.8 Å². The van der Waals surface area contributed by atoms with Gasteiger partial charge >= 0.3 is 0 Å². The minimum absolute atomic E-state index is 0.414. The lowest BCUT2D eigenvalue weighted by atomic mass is 10.1. The molecule has 0 heterocycles. The molecular weight excluding hydrogens is 232 g/mol. The largest absolute Gasteiger partial charge is 0.383 e. The van der Waals surface area contributed by atoms with Crippen LogP contribution in [0.3, 0.4) is 0 Å². The second kappa shape index (κ2) is 11.3. The lowest BCUT2D eigenvalue weighted by Crippen LogP contribution is -2.50. The monoisotopic (exact) mass is 260 g/mol. The number of hydrogen-bond acceptors (Lipinski definition) is 4. The molecule has 0 rings (SSSR count). The first kappa shape index (κ1) is 17.2. The third kappa shape index (κ3) is 6.18. The maximum absolute atomic E-state index is 5.57. The number of aliphatic imine (C=N–C) groups is 1. The van der Waals surface area contributed by atoms with Crippen molar-refractivity contribution in [1.82, 2.24) is 10.3 Å². The van der Waals surface area contributed by atoms with E-state index in [0.29, 0.717) is 31.8 Å². The minimum atomic E-state index is 0.414. The van der Waals surface area contributed by atoms with Gasteiger partial charge in [0.1, 0.15) is 0 Å². The van der Waals surface area contributed by atoms with Crippen molar-refractivity contribution in [3.05, 3.63) is 0 Å². The van der Waals surface area contributed by atoms with Gasteiger partial charge in [0.15, 0.2) is 0 Å². The lowest BCUT2D eigenvalue weighted by Gasteiger charge is -2.32. The summed E-state index contributed by atoms with van der Waals surface area (Å²) < 4.78 is 10.1. The standard InChI is InChI=1S/C12H28N4O2/c1-5-11(6-2)16(8-10-18-4)12(15-13)14-7-9-17-3/h11H,5-10,13H2,1-4H3,(H,14,15). The van der Waals surface area contributed by atoms with Crippen LogP contribution < -0.4 is 11.3 Å². The van der Waals surface area contributed by atoms with Crippen LogP contribution in [0.4, 0.5) is 0 Å². The van der Waals surface area contributed by atoms with Crippen molar-refractivity contribution >= 4 is 5.96 Å². The number of nitrogens with one attached hydrogen (secondary N) is 1. The van der Waals surface area contributed by atoms with Crippen LogP contribution >= 0.6 is 0 Å². The molecule has 0 aliphatic rings. The highest BCUT2D eigenvalue weighted by atomic mass is 16.5. The van der Waals surface area contributed by atoms with E-state index in [9.17, 15) is 0 Å². The molecule has 0 aliphatic heterocycles. The molecule has 0 bridgehead atoms. The molecule has 6 heteroatoms. The highest BCUT2D eigenvalue weighted by Gasteiger charge is 2.18. The maximum Gasteiger partial charge on any atom is 0.208 e. The highest BCUT2D eigenvalue weighted by Crippen LogP contribution is 2.08. The second-order valence-corrected chi connectivity index (χ2v) is 4.00. The summed E-state index contributed by atoms with van der Waals surface area (Å²) in [4.78, 5) is 6.59. The molecule has 0 aliphatic carbocycles. The molecule has 108 valence electrons. The zero-order valence-electron chi connectivity index (χ0n) is 12.1. The van der Waals surface area contributed by atoms with Gasteiger partial charge in [-0.1, -0.05) is 13.8 Å². The van der Waals surface area contributed by atoms with E-state index in [1.165, 1.54) is 0 Å². The smallest absolute Gasteiger partial charge is 0.208 e. The zero-order valence-corrected chi connectivity index (χ0v) is 12.1. The van der Waals surface area contributed by atoms with Gasteiger partial charge in [-0.2, -0.15) is 0 Å².